The molecule has 1 atom stereocenters. The highest BCUT2D eigenvalue weighted by atomic mass is 15.3. The van der Waals surface area contributed by atoms with Crippen LogP contribution in [0.15, 0.2) is 41.5 Å². The van der Waals surface area contributed by atoms with Crippen LogP contribution in [0.5, 0.6) is 0 Å². The van der Waals surface area contributed by atoms with E-state index in [0.29, 0.717) is 0 Å². The van der Waals surface area contributed by atoms with Crippen molar-refractivity contribution in [2.24, 2.45) is 12.0 Å². The molecule has 2 aromatic heterocycles. The number of nitrogens with zero attached hydrogens (tertiary/aromatic N) is 4. The Bertz CT molecular complexity index is 965. The molecule has 0 bridgehead atoms. The second kappa shape index (κ2) is 9.63. The summed E-state index contributed by atoms with van der Waals surface area (Å²) in [6.07, 6.45) is 4.11. The van der Waals surface area contributed by atoms with Gasteiger partial charge in [0.1, 0.15) is 0 Å². The Hall–Kier alpha value is -2.76. The summed E-state index contributed by atoms with van der Waals surface area (Å²) in [5, 5.41) is 12.7. The van der Waals surface area contributed by atoms with Crippen LogP contribution in [0.3, 0.4) is 0 Å². The third-order valence-electron chi connectivity index (χ3n) is 5.40. The number of aryl methyl sites for hydroxylation is 3. The quantitative estimate of drug-likeness (QED) is 0.349. The molecular weight excluding hydrogens is 360 g/mol. The van der Waals surface area contributed by atoms with Gasteiger partial charge >= 0.3 is 0 Å². The molecule has 0 saturated carbocycles. The fraction of sp³-hybridized carbons (Fsp3) is 0.478. The molecule has 0 fully saturated rings. The summed E-state index contributed by atoms with van der Waals surface area (Å²) in [7, 11) is 2.00. The van der Waals surface area contributed by atoms with Gasteiger partial charge in [0.25, 0.3) is 0 Å². The van der Waals surface area contributed by atoms with Gasteiger partial charge in [-0.05, 0) is 63.6 Å². The summed E-state index contributed by atoms with van der Waals surface area (Å²) < 4.78 is 4.27. The number of hydrogen-bond acceptors (Lipinski definition) is 2. The number of benzene rings is 1. The lowest BCUT2D eigenvalue weighted by Crippen LogP contribution is -2.43. The summed E-state index contributed by atoms with van der Waals surface area (Å²) >= 11 is 0. The molecule has 0 amide bonds. The minimum atomic E-state index is 0.280. The number of aromatic nitrogens is 3. The van der Waals surface area contributed by atoms with E-state index in [-0.39, 0.29) is 6.04 Å². The van der Waals surface area contributed by atoms with E-state index >= 15 is 0 Å². The SMILES string of the molecule is CCNC(=NCCCn1ccc2ccccc21)NC(C)Cc1c(C)nn(C)c1C. The van der Waals surface area contributed by atoms with Crippen molar-refractivity contribution in [3.63, 3.8) is 0 Å². The number of nitrogens with one attached hydrogen (secondary N) is 2. The number of aliphatic imine (C=N–C) groups is 1. The lowest BCUT2D eigenvalue weighted by Gasteiger charge is -2.18. The number of hydrogen-bond donors (Lipinski definition) is 2. The Morgan fingerprint density at radius 3 is 2.72 bits per heavy atom. The third kappa shape index (κ3) is 5.19. The lowest BCUT2D eigenvalue weighted by molar-refractivity contribution is 0.628. The Kier molecular flexibility index (Phi) is 6.96. The number of rotatable bonds is 8. The zero-order valence-corrected chi connectivity index (χ0v) is 18.4. The fourth-order valence-electron chi connectivity index (χ4n) is 3.79. The molecule has 3 aromatic rings. The Balaban J connectivity index is 1.55. The van der Waals surface area contributed by atoms with E-state index in [1.54, 1.807) is 0 Å². The molecule has 2 N–H and O–H groups in total. The Morgan fingerprint density at radius 1 is 1.21 bits per heavy atom. The maximum atomic E-state index is 4.78. The molecule has 29 heavy (non-hydrogen) atoms. The van der Waals surface area contributed by atoms with Crippen LogP contribution < -0.4 is 10.6 Å². The molecule has 2 heterocycles. The van der Waals surface area contributed by atoms with Gasteiger partial charge in [0.05, 0.1) is 5.69 Å². The lowest BCUT2D eigenvalue weighted by atomic mass is 10.1. The zero-order chi connectivity index (χ0) is 20.8. The highest BCUT2D eigenvalue weighted by Crippen LogP contribution is 2.15. The first kappa shape index (κ1) is 21.0. The monoisotopic (exact) mass is 394 g/mol. The van der Waals surface area contributed by atoms with E-state index in [1.165, 1.54) is 22.2 Å². The first-order valence-corrected chi connectivity index (χ1v) is 10.6. The molecule has 3 rings (SSSR count). The minimum absolute atomic E-state index is 0.280. The van der Waals surface area contributed by atoms with Crippen LogP contribution in [-0.4, -0.2) is 39.4 Å². The molecule has 0 spiro atoms. The summed E-state index contributed by atoms with van der Waals surface area (Å²) in [5.74, 6) is 0.886. The van der Waals surface area contributed by atoms with Gasteiger partial charge in [-0.25, -0.2) is 0 Å². The van der Waals surface area contributed by atoms with Crippen molar-refractivity contribution in [3.8, 4) is 0 Å². The second-order valence-corrected chi connectivity index (χ2v) is 7.70. The largest absolute Gasteiger partial charge is 0.357 e. The number of para-hydroxylation sites is 1. The van der Waals surface area contributed by atoms with E-state index in [1.807, 2.05) is 11.7 Å². The first-order chi connectivity index (χ1) is 14.0. The van der Waals surface area contributed by atoms with E-state index in [4.69, 9.17) is 4.99 Å². The number of fused-ring (bicyclic) bond motifs is 1. The highest BCUT2D eigenvalue weighted by molar-refractivity contribution is 5.80. The molecule has 0 radical (unpaired) electrons. The van der Waals surface area contributed by atoms with Crippen molar-refractivity contribution in [3.05, 3.63) is 53.5 Å². The molecule has 0 aliphatic rings. The van der Waals surface area contributed by atoms with Crippen LogP contribution in [0.1, 0.15) is 37.2 Å². The van der Waals surface area contributed by atoms with Crippen molar-refractivity contribution in [1.29, 1.82) is 0 Å². The van der Waals surface area contributed by atoms with Gasteiger partial charge in [-0.1, -0.05) is 18.2 Å². The summed E-state index contributed by atoms with van der Waals surface area (Å²) in [4.78, 5) is 4.78. The summed E-state index contributed by atoms with van der Waals surface area (Å²) in [6, 6.07) is 11.0. The zero-order valence-electron chi connectivity index (χ0n) is 18.4. The molecule has 0 aliphatic carbocycles. The van der Waals surface area contributed by atoms with Crippen molar-refractivity contribution in [1.82, 2.24) is 25.0 Å². The van der Waals surface area contributed by atoms with E-state index in [9.17, 15) is 0 Å². The predicted molar refractivity (Wildman–Crippen MR) is 122 cm³/mol. The fourth-order valence-corrected chi connectivity index (χ4v) is 3.79. The predicted octanol–water partition coefficient (Wildman–Crippen LogP) is 3.57. The average Bonchev–Trinajstić information content (AvgIpc) is 3.21. The van der Waals surface area contributed by atoms with Gasteiger partial charge < -0.3 is 15.2 Å². The average molecular weight is 395 g/mol. The van der Waals surface area contributed by atoms with Crippen LogP contribution in [0.2, 0.25) is 0 Å². The molecule has 6 heteroatoms. The van der Waals surface area contributed by atoms with Crippen LogP contribution in [0.4, 0.5) is 0 Å². The second-order valence-electron chi connectivity index (χ2n) is 7.70. The topological polar surface area (TPSA) is 59.2 Å². The summed E-state index contributed by atoms with van der Waals surface area (Å²) in [5.41, 5.74) is 4.96. The maximum absolute atomic E-state index is 4.78. The van der Waals surface area contributed by atoms with Gasteiger partial charge in [0.2, 0.25) is 0 Å². The molecule has 1 aromatic carbocycles. The van der Waals surface area contributed by atoms with E-state index < -0.39 is 0 Å². The molecule has 1 unspecified atom stereocenters. The van der Waals surface area contributed by atoms with Gasteiger partial charge in [0.15, 0.2) is 5.96 Å². The van der Waals surface area contributed by atoms with Crippen LogP contribution in [-0.2, 0) is 20.0 Å². The highest BCUT2D eigenvalue weighted by Gasteiger charge is 2.14. The third-order valence-corrected chi connectivity index (χ3v) is 5.40. The van der Waals surface area contributed by atoms with Gasteiger partial charge in [-0.3, -0.25) is 9.67 Å². The Labute approximate surface area is 174 Å². The summed E-state index contributed by atoms with van der Waals surface area (Å²) in [6.45, 7) is 11.1. The maximum Gasteiger partial charge on any atom is 0.191 e. The first-order valence-electron chi connectivity index (χ1n) is 10.6. The Morgan fingerprint density at radius 2 is 2.00 bits per heavy atom. The van der Waals surface area contributed by atoms with Gasteiger partial charge in [-0.15, -0.1) is 0 Å². The van der Waals surface area contributed by atoms with Gasteiger partial charge in [0, 0.05) is 50.1 Å². The molecule has 6 nitrogen and oxygen atoms in total. The van der Waals surface area contributed by atoms with E-state index in [0.717, 1.165) is 44.1 Å². The molecule has 0 saturated heterocycles. The molecule has 0 aliphatic heterocycles. The molecular formula is C23H34N6. The molecule has 156 valence electrons. The smallest absolute Gasteiger partial charge is 0.191 e. The number of guanidine groups is 1. The standard InChI is InChI=1S/C23H34N6/c1-6-24-23(26-17(2)16-21-18(3)27-28(5)19(21)4)25-13-9-14-29-15-12-20-10-7-8-11-22(20)29/h7-8,10-12,15,17H,6,9,13-14,16H2,1-5H3,(H2,24,25,26). The van der Waals surface area contributed by atoms with Crippen molar-refractivity contribution in [2.45, 2.75) is 53.1 Å². The minimum Gasteiger partial charge on any atom is -0.357 e. The van der Waals surface area contributed by atoms with Crippen molar-refractivity contribution in [2.75, 3.05) is 13.1 Å². The van der Waals surface area contributed by atoms with Crippen LogP contribution in [0, 0.1) is 13.8 Å². The van der Waals surface area contributed by atoms with E-state index in [2.05, 4.69) is 84.5 Å². The van der Waals surface area contributed by atoms with Crippen molar-refractivity contribution < 1.29 is 0 Å². The van der Waals surface area contributed by atoms with Gasteiger partial charge in [-0.2, -0.15) is 5.10 Å². The normalized spacial score (nSPS) is 13.1. The van der Waals surface area contributed by atoms with Crippen LogP contribution in [0.25, 0.3) is 10.9 Å². The van der Waals surface area contributed by atoms with Crippen molar-refractivity contribution >= 4 is 16.9 Å². The van der Waals surface area contributed by atoms with Crippen LogP contribution >= 0.6 is 0 Å².